The average Bonchev–Trinajstić information content (AvgIpc) is 2.79. The van der Waals surface area contributed by atoms with E-state index in [9.17, 15) is 0 Å². The van der Waals surface area contributed by atoms with Gasteiger partial charge in [0.1, 0.15) is 5.69 Å². The van der Waals surface area contributed by atoms with Crippen LogP contribution >= 0.6 is 12.4 Å². The molecule has 1 aliphatic rings. The van der Waals surface area contributed by atoms with E-state index in [4.69, 9.17) is 4.74 Å². The van der Waals surface area contributed by atoms with E-state index in [0.717, 1.165) is 18.8 Å². The fourth-order valence-corrected chi connectivity index (χ4v) is 1.72. The maximum absolute atomic E-state index is 5.13. The lowest BCUT2D eigenvalue weighted by Gasteiger charge is -2.11. The minimum Gasteiger partial charge on any atom is -0.480 e. The zero-order valence-electron chi connectivity index (χ0n) is 9.27. The standard InChI is InChI=1S/C10H16N4O.ClH/c1-15-10-9(12-4-5-13-10)7-14-8-2-3-11-6-8;/h4-5,8,11,14H,2-3,6-7H2,1H3;1H. The molecule has 0 spiro atoms. The van der Waals surface area contributed by atoms with Gasteiger partial charge in [-0.05, 0) is 13.0 Å². The highest BCUT2D eigenvalue weighted by molar-refractivity contribution is 5.85. The summed E-state index contributed by atoms with van der Waals surface area (Å²) in [4.78, 5) is 8.34. The van der Waals surface area contributed by atoms with Gasteiger partial charge in [0.05, 0.1) is 7.11 Å². The topological polar surface area (TPSA) is 59.1 Å². The normalized spacial score (nSPS) is 19.2. The van der Waals surface area contributed by atoms with E-state index in [2.05, 4.69) is 20.6 Å². The largest absolute Gasteiger partial charge is 0.480 e. The molecule has 0 saturated carbocycles. The second-order valence-corrected chi connectivity index (χ2v) is 3.58. The van der Waals surface area contributed by atoms with Gasteiger partial charge in [0.2, 0.25) is 5.88 Å². The highest BCUT2D eigenvalue weighted by Crippen LogP contribution is 2.10. The molecule has 1 aromatic heterocycles. The molecule has 1 aliphatic heterocycles. The van der Waals surface area contributed by atoms with E-state index in [0.29, 0.717) is 18.5 Å². The number of aromatic nitrogens is 2. The SMILES string of the molecule is COc1nccnc1CNC1CCNC1.Cl. The van der Waals surface area contributed by atoms with Gasteiger partial charge < -0.3 is 15.4 Å². The highest BCUT2D eigenvalue weighted by Gasteiger charge is 2.14. The molecule has 2 rings (SSSR count). The Morgan fingerprint density at radius 2 is 2.31 bits per heavy atom. The van der Waals surface area contributed by atoms with Crippen molar-refractivity contribution in [2.24, 2.45) is 0 Å². The van der Waals surface area contributed by atoms with Crippen molar-refractivity contribution < 1.29 is 4.74 Å². The van der Waals surface area contributed by atoms with Crippen LogP contribution in [0.2, 0.25) is 0 Å². The Balaban J connectivity index is 0.00000128. The van der Waals surface area contributed by atoms with Crippen LogP contribution in [0.4, 0.5) is 0 Å². The first-order chi connectivity index (χ1) is 7.40. The molecule has 2 N–H and O–H groups in total. The summed E-state index contributed by atoms with van der Waals surface area (Å²) in [6.45, 7) is 2.83. The number of rotatable bonds is 4. The van der Waals surface area contributed by atoms with Crippen LogP contribution < -0.4 is 15.4 Å². The Morgan fingerprint density at radius 3 is 3.00 bits per heavy atom. The molecule has 0 radical (unpaired) electrons. The van der Waals surface area contributed by atoms with E-state index in [1.54, 1.807) is 19.5 Å². The van der Waals surface area contributed by atoms with Crippen LogP contribution in [0, 0.1) is 0 Å². The Bertz CT molecular complexity index is 317. The molecule has 0 amide bonds. The third-order valence-electron chi connectivity index (χ3n) is 2.55. The van der Waals surface area contributed by atoms with Crippen molar-refractivity contribution in [3.63, 3.8) is 0 Å². The van der Waals surface area contributed by atoms with Crippen molar-refractivity contribution in [1.82, 2.24) is 20.6 Å². The fourth-order valence-electron chi connectivity index (χ4n) is 1.72. The van der Waals surface area contributed by atoms with Gasteiger partial charge in [0, 0.05) is 31.5 Å². The summed E-state index contributed by atoms with van der Waals surface area (Å²) in [5.74, 6) is 0.607. The molecule has 1 unspecified atom stereocenters. The molecule has 1 fully saturated rings. The number of nitrogens with zero attached hydrogens (tertiary/aromatic N) is 2. The maximum Gasteiger partial charge on any atom is 0.236 e. The minimum atomic E-state index is 0. The summed E-state index contributed by atoms with van der Waals surface area (Å²) in [5, 5.41) is 6.74. The molecular weight excluding hydrogens is 228 g/mol. The molecule has 0 bridgehead atoms. The van der Waals surface area contributed by atoms with Crippen LogP contribution in [-0.2, 0) is 6.54 Å². The molecule has 90 valence electrons. The van der Waals surface area contributed by atoms with Crippen LogP contribution in [-0.4, -0.2) is 36.2 Å². The lowest BCUT2D eigenvalue weighted by Crippen LogP contribution is -2.30. The van der Waals surface area contributed by atoms with Gasteiger partial charge in [-0.3, -0.25) is 4.98 Å². The number of ether oxygens (including phenoxy) is 1. The molecule has 6 heteroatoms. The molecule has 0 aliphatic carbocycles. The number of methoxy groups -OCH3 is 1. The van der Waals surface area contributed by atoms with Crippen LogP contribution in [0.3, 0.4) is 0 Å². The van der Waals surface area contributed by atoms with E-state index in [1.165, 1.54) is 6.42 Å². The summed E-state index contributed by atoms with van der Waals surface area (Å²) in [6, 6.07) is 0.539. The fraction of sp³-hybridized carbons (Fsp3) is 0.600. The van der Waals surface area contributed by atoms with Crippen molar-refractivity contribution >= 4 is 12.4 Å². The Labute approximate surface area is 101 Å². The summed E-state index contributed by atoms with van der Waals surface area (Å²) < 4.78 is 5.13. The van der Waals surface area contributed by atoms with Crippen molar-refractivity contribution in [1.29, 1.82) is 0 Å². The smallest absolute Gasteiger partial charge is 0.236 e. The first-order valence-corrected chi connectivity index (χ1v) is 5.18. The first-order valence-electron chi connectivity index (χ1n) is 5.18. The monoisotopic (exact) mass is 244 g/mol. The third-order valence-corrected chi connectivity index (χ3v) is 2.55. The zero-order chi connectivity index (χ0) is 10.5. The van der Waals surface area contributed by atoms with Crippen LogP contribution in [0.5, 0.6) is 5.88 Å². The van der Waals surface area contributed by atoms with Crippen molar-refractivity contribution in [2.45, 2.75) is 19.0 Å². The second-order valence-electron chi connectivity index (χ2n) is 3.58. The van der Waals surface area contributed by atoms with Crippen molar-refractivity contribution in [3.8, 4) is 5.88 Å². The molecule has 1 aromatic rings. The Morgan fingerprint density at radius 1 is 1.50 bits per heavy atom. The Hall–Kier alpha value is -0.910. The van der Waals surface area contributed by atoms with E-state index < -0.39 is 0 Å². The maximum atomic E-state index is 5.13. The van der Waals surface area contributed by atoms with Gasteiger partial charge in [-0.2, -0.15) is 0 Å². The molecule has 5 nitrogen and oxygen atoms in total. The first kappa shape index (κ1) is 13.2. The molecule has 2 heterocycles. The predicted molar refractivity (Wildman–Crippen MR) is 63.9 cm³/mol. The van der Waals surface area contributed by atoms with E-state index >= 15 is 0 Å². The number of halogens is 1. The van der Waals surface area contributed by atoms with Gasteiger partial charge in [-0.1, -0.05) is 0 Å². The lowest BCUT2D eigenvalue weighted by atomic mass is 10.2. The summed E-state index contributed by atoms with van der Waals surface area (Å²) in [7, 11) is 1.62. The third kappa shape index (κ3) is 3.30. The lowest BCUT2D eigenvalue weighted by molar-refractivity contribution is 0.385. The number of hydrogen-bond acceptors (Lipinski definition) is 5. The predicted octanol–water partition coefficient (Wildman–Crippen LogP) is 0.358. The molecule has 16 heavy (non-hydrogen) atoms. The quantitative estimate of drug-likeness (QED) is 0.801. The highest BCUT2D eigenvalue weighted by atomic mass is 35.5. The second kappa shape index (κ2) is 6.62. The molecule has 1 atom stereocenters. The molecular formula is C10H17ClN4O. The summed E-state index contributed by atoms with van der Waals surface area (Å²) in [5.41, 5.74) is 0.868. The van der Waals surface area contributed by atoms with Gasteiger partial charge in [-0.15, -0.1) is 12.4 Å². The van der Waals surface area contributed by atoms with E-state index in [-0.39, 0.29) is 12.4 Å². The molecule has 1 saturated heterocycles. The van der Waals surface area contributed by atoms with Crippen molar-refractivity contribution in [2.75, 3.05) is 20.2 Å². The van der Waals surface area contributed by atoms with Gasteiger partial charge in [-0.25, -0.2) is 4.98 Å². The van der Waals surface area contributed by atoms with Gasteiger partial charge >= 0.3 is 0 Å². The van der Waals surface area contributed by atoms with Crippen molar-refractivity contribution in [3.05, 3.63) is 18.1 Å². The number of hydrogen-bond donors (Lipinski definition) is 2. The number of nitrogens with one attached hydrogen (secondary N) is 2. The average molecular weight is 245 g/mol. The summed E-state index contributed by atoms with van der Waals surface area (Å²) >= 11 is 0. The zero-order valence-corrected chi connectivity index (χ0v) is 10.1. The van der Waals surface area contributed by atoms with Gasteiger partial charge in [0.15, 0.2) is 0 Å². The van der Waals surface area contributed by atoms with Crippen LogP contribution in [0.25, 0.3) is 0 Å². The minimum absolute atomic E-state index is 0. The van der Waals surface area contributed by atoms with Crippen LogP contribution in [0.1, 0.15) is 12.1 Å². The Kier molecular flexibility index (Phi) is 5.45. The molecule has 0 aromatic carbocycles. The summed E-state index contributed by atoms with van der Waals surface area (Å²) in [6.07, 6.45) is 4.49. The van der Waals surface area contributed by atoms with Gasteiger partial charge in [0.25, 0.3) is 0 Å². The van der Waals surface area contributed by atoms with Crippen LogP contribution in [0.15, 0.2) is 12.4 Å². The van der Waals surface area contributed by atoms with E-state index in [1.807, 2.05) is 0 Å².